The van der Waals surface area contributed by atoms with Crippen LogP contribution < -0.4 is 15.5 Å². The van der Waals surface area contributed by atoms with Gasteiger partial charge >= 0.3 is 0 Å². The Morgan fingerprint density at radius 1 is 1.16 bits per heavy atom. The van der Waals surface area contributed by atoms with Crippen molar-refractivity contribution in [2.24, 2.45) is 0 Å². The third kappa shape index (κ3) is 5.24. The van der Waals surface area contributed by atoms with E-state index in [1.165, 1.54) is 6.92 Å². The Kier molecular flexibility index (Phi) is 6.23. The third-order valence-corrected chi connectivity index (χ3v) is 5.50. The van der Waals surface area contributed by atoms with Gasteiger partial charge in [0.1, 0.15) is 0 Å². The number of carbonyl (C=O) groups is 2. The van der Waals surface area contributed by atoms with E-state index in [-0.39, 0.29) is 17.9 Å². The van der Waals surface area contributed by atoms with Gasteiger partial charge in [-0.2, -0.15) is 5.10 Å². The minimum Gasteiger partial charge on any atom is -0.353 e. The van der Waals surface area contributed by atoms with Gasteiger partial charge in [-0.25, -0.2) is 0 Å². The largest absolute Gasteiger partial charge is 0.353 e. The molecule has 3 N–H and O–H groups in total. The molecule has 1 aliphatic rings. The molecule has 2 heterocycles. The number of nitrogens with zero attached hydrogens (tertiary/aromatic N) is 2. The zero-order valence-electron chi connectivity index (χ0n) is 17.2. The molecule has 1 fully saturated rings. The quantitative estimate of drug-likeness (QED) is 0.560. The average molecular weight is 438 g/mol. The second-order valence-electron chi connectivity index (χ2n) is 7.67. The van der Waals surface area contributed by atoms with Crippen LogP contribution >= 0.6 is 11.6 Å². The van der Waals surface area contributed by atoms with E-state index in [9.17, 15) is 9.59 Å². The van der Waals surface area contributed by atoms with Crippen LogP contribution in [-0.4, -0.2) is 41.1 Å². The number of carbonyl (C=O) groups excluding carboxylic acids is 2. The fourth-order valence-electron chi connectivity index (χ4n) is 3.76. The van der Waals surface area contributed by atoms with Crippen LogP contribution in [0.15, 0.2) is 54.6 Å². The number of piperidine rings is 1. The Hall–Kier alpha value is -3.32. The summed E-state index contributed by atoms with van der Waals surface area (Å²) in [5.74, 6) is 0.539. The topological polar surface area (TPSA) is 90.1 Å². The Labute approximate surface area is 185 Å². The van der Waals surface area contributed by atoms with Crippen molar-refractivity contribution >= 4 is 34.9 Å². The second kappa shape index (κ2) is 9.22. The number of hydrogen-bond donors (Lipinski definition) is 3. The van der Waals surface area contributed by atoms with Crippen LogP contribution in [-0.2, 0) is 4.79 Å². The van der Waals surface area contributed by atoms with Crippen molar-refractivity contribution < 1.29 is 9.59 Å². The van der Waals surface area contributed by atoms with E-state index in [1.807, 2.05) is 30.3 Å². The first-order valence-electron chi connectivity index (χ1n) is 10.2. The molecule has 0 aliphatic carbocycles. The molecule has 160 valence electrons. The number of H-pyrrole nitrogens is 1. The number of amides is 2. The summed E-state index contributed by atoms with van der Waals surface area (Å²) in [4.78, 5) is 26.2. The summed E-state index contributed by atoms with van der Waals surface area (Å²) in [6, 6.07) is 16.6. The maximum absolute atomic E-state index is 12.7. The minimum absolute atomic E-state index is 0.0151. The standard InChI is InChI=1S/C23H24ClN5O2/c1-15(30)25-19-5-2-4-17(12-19)23(31)26-20-6-3-11-29(14-20)22-13-21(27-28-22)16-7-9-18(24)10-8-16/h2,4-5,7-10,12-13,20H,3,6,11,14H2,1H3,(H,25,30)(H,26,31)(H,27,28). The molecule has 3 aromatic rings. The molecule has 2 amide bonds. The highest BCUT2D eigenvalue weighted by Gasteiger charge is 2.24. The molecule has 1 aliphatic heterocycles. The minimum atomic E-state index is -0.169. The molecule has 0 saturated carbocycles. The van der Waals surface area contributed by atoms with Gasteiger partial charge in [0.2, 0.25) is 5.91 Å². The van der Waals surface area contributed by atoms with E-state index < -0.39 is 0 Å². The fraction of sp³-hybridized carbons (Fsp3) is 0.261. The molecule has 8 heteroatoms. The lowest BCUT2D eigenvalue weighted by Crippen LogP contribution is -2.48. The number of aromatic nitrogens is 2. The molecule has 2 aromatic carbocycles. The average Bonchev–Trinajstić information content (AvgIpc) is 3.24. The Morgan fingerprint density at radius 2 is 1.97 bits per heavy atom. The molecule has 1 saturated heterocycles. The van der Waals surface area contributed by atoms with Gasteiger partial charge in [0.15, 0.2) is 5.82 Å². The summed E-state index contributed by atoms with van der Waals surface area (Å²) in [6.07, 6.45) is 1.86. The van der Waals surface area contributed by atoms with Gasteiger partial charge in [0.25, 0.3) is 5.91 Å². The molecular weight excluding hydrogens is 414 g/mol. The molecule has 1 unspecified atom stereocenters. The van der Waals surface area contributed by atoms with Crippen LogP contribution in [0.4, 0.5) is 11.5 Å². The summed E-state index contributed by atoms with van der Waals surface area (Å²) >= 11 is 5.97. The Bertz CT molecular complexity index is 1080. The van der Waals surface area contributed by atoms with Gasteiger partial charge in [-0.3, -0.25) is 14.7 Å². The smallest absolute Gasteiger partial charge is 0.251 e. The van der Waals surface area contributed by atoms with E-state index in [1.54, 1.807) is 24.3 Å². The number of halogens is 1. The maximum Gasteiger partial charge on any atom is 0.251 e. The van der Waals surface area contributed by atoms with Crippen molar-refractivity contribution in [1.29, 1.82) is 0 Å². The summed E-state index contributed by atoms with van der Waals surface area (Å²) in [6.45, 7) is 3.01. The van der Waals surface area contributed by atoms with Crippen molar-refractivity contribution in [3.8, 4) is 11.3 Å². The van der Waals surface area contributed by atoms with Crippen molar-refractivity contribution in [3.05, 3.63) is 65.2 Å². The second-order valence-corrected chi connectivity index (χ2v) is 8.10. The van der Waals surface area contributed by atoms with Crippen LogP contribution in [0.25, 0.3) is 11.3 Å². The van der Waals surface area contributed by atoms with Gasteiger partial charge < -0.3 is 15.5 Å². The van der Waals surface area contributed by atoms with Gasteiger partial charge in [-0.1, -0.05) is 29.8 Å². The molecule has 4 rings (SSSR count). The summed E-state index contributed by atoms with van der Waals surface area (Å²) in [5.41, 5.74) is 3.07. The SMILES string of the molecule is CC(=O)Nc1cccc(C(=O)NC2CCCN(c3cc(-c4ccc(Cl)cc4)[nH]n3)C2)c1. The highest BCUT2D eigenvalue weighted by atomic mass is 35.5. The molecular formula is C23H24ClN5O2. The maximum atomic E-state index is 12.7. The lowest BCUT2D eigenvalue weighted by atomic mass is 10.0. The van der Waals surface area contributed by atoms with E-state index in [2.05, 4.69) is 25.7 Å². The lowest BCUT2D eigenvalue weighted by molar-refractivity contribution is -0.114. The summed E-state index contributed by atoms with van der Waals surface area (Å²) in [5, 5.41) is 14.1. The Balaban J connectivity index is 1.40. The fourth-order valence-corrected chi connectivity index (χ4v) is 3.89. The molecule has 7 nitrogen and oxygen atoms in total. The monoisotopic (exact) mass is 437 g/mol. The van der Waals surface area contributed by atoms with Gasteiger partial charge in [0, 0.05) is 48.4 Å². The lowest BCUT2D eigenvalue weighted by Gasteiger charge is -2.33. The van der Waals surface area contributed by atoms with Crippen LogP contribution in [0.1, 0.15) is 30.1 Å². The van der Waals surface area contributed by atoms with Crippen molar-refractivity contribution in [1.82, 2.24) is 15.5 Å². The first kappa shape index (κ1) is 20.9. The van der Waals surface area contributed by atoms with Crippen molar-refractivity contribution in [2.75, 3.05) is 23.3 Å². The number of rotatable bonds is 5. The molecule has 0 bridgehead atoms. The molecule has 1 atom stereocenters. The molecule has 1 aromatic heterocycles. The predicted molar refractivity (Wildman–Crippen MR) is 122 cm³/mol. The molecule has 0 radical (unpaired) electrons. The van der Waals surface area contributed by atoms with E-state index >= 15 is 0 Å². The number of aromatic amines is 1. The van der Waals surface area contributed by atoms with Gasteiger partial charge in [0.05, 0.1) is 5.69 Å². The van der Waals surface area contributed by atoms with Crippen LogP contribution in [0.2, 0.25) is 5.02 Å². The third-order valence-electron chi connectivity index (χ3n) is 5.25. The van der Waals surface area contributed by atoms with E-state index in [0.717, 1.165) is 36.5 Å². The first-order chi connectivity index (χ1) is 15.0. The van der Waals surface area contributed by atoms with Crippen LogP contribution in [0, 0.1) is 0 Å². The van der Waals surface area contributed by atoms with Gasteiger partial charge in [-0.15, -0.1) is 0 Å². The number of benzene rings is 2. The van der Waals surface area contributed by atoms with Crippen LogP contribution in [0.3, 0.4) is 0 Å². The van der Waals surface area contributed by atoms with Crippen molar-refractivity contribution in [2.45, 2.75) is 25.8 Å². The number of nitrogens with one attached hydrogen (secondary N) is 3. The molecule has 0 spiro atoms. The summed E-state index contributed by atoms with van der Waals surface area (Å²) in [7, 11) is 0. The van der Waals surface area contributed by atoms with E-state index in [4.69, 9.17) is 11.6 Å². The first-order valence-corrected chi connectivity index (χ1v) is 10.6. The van der Waals surface area contributed by atoms with Crippen molar-refractivity contribution in [3.63, 3.8) is 0 Å². The number of hydrogen-bond acceptors (Lipinski definition) is 4. The Morgan fingerprint density at radius 3 is 2.74 bits per heavy atom. The summed E-state index contributed by atoms with van der Waals surface area (Å²) < 4.78 is 0. The number of anilines is 2. The highest BCUT2D eigenvalue weighted by molar-refractivity contribution is 6.30. The zero-order chi connectivity index (χ0) is 21.8. The zero-order valence-corrected chi connectivity index (χ0v) is 17.9. The van der Waals surface area contributed by atoms with Gasteiger partial charge in [-0.05, 0) is 48.7 Å². The highest BCUT2D eigenvalue weighted by Crippen LogP contribution is 2.25. The van der Waals surface area contributed by atoms with E-state index in [0.29, 0.717) is 22.8 Å². The predicted octanol–water partition coefficient (Wildman–Crippen LogP) is 4.09. The molecule has 31 heavy (non-hydrogen) atoms. The van der Waals surface area contributed by atoms with Crippen LogP contribution in [0.5, 0.6) is 0 Å². The normalized spacial score (nSPS) is 16.1.